The van der Waals surface area contributed by atoms with Gasteiger partial charge in [-0.05, 0) is 61.0 Å². The first-order chi connectivity index (χ1) is 14.0. The maximum atomic E-state index is 12.5. The van der Waals surface area contributed by atoms with E-state index in [9.17, 15) is 9.59 Å². The highest BCUT2D eigenvalue weighted by Crippen LogP contribution is 2.16. The Morgan fingerprint density at radius 3 is 2.38 bits per heavy atom. The van der Waals surface area contributed by atoms with Crippen molar-refractivity contribution in [2.45, 2.75) is 13.0 Å². The quantitative estimate of drug-likeness (QED) is 0.615. The minimum Gasteiger partial charge on any atom is -0.331 e. The number of aromatic nitrogens is 1. The van der Waals surface area contributed by atoms with Crippen molar-refractivity contribution in [1.29, 1.82) is 5.26 Å². The van der Waals surface area contributed by atoms with E-state index in [-0.39, 0.29) is 18.0 Å². The van der Waals surface area contributed by atoms with Crippen LogP contribution in [0.3, 0.4) is 0 Å². The molecule has 0 aliphatic heterocycles. The molecular formula is C22H19N5O2. The molecule has 3 rings (SSSR count). The summed E-state index contributed by atoms with van der Waals surface area (Å²) in [6.07, 6.45) is 3.33. The van der Waals surface area contributed by atoms with Crippen molar-refractivity contribution in [3.05, 3.63) is 89.7 Å². The fourth-order valence-electron chi connectivity index (χ4n) is 2.71. The van der Waals surface area contributed by atoms with E-state index in [1.807, 2.05) is 25.1 Å². The smallest absolute Gasteiger partial charge is 0.319 e. The van der Waals surface area contributed by atoms with Gasteiger partial charge >= 0.3 is 6.03 Å². The molecule has 0 saturated carbocycles. The first kappa shape index (κ1) is 19.6. The van der Waals surface area contributed by atoms with E-state index in [1.54, 1.807) is 60.9 Å². The van der Waals surface area contributed by atoms with Gasteiger partial charge in [0.2, 0.25) is 0 Å². The SMILES string of the molecule is CC(NC(=O)Nc1cccc(C(=O)Nc2cccc(C#N)c2)c1)c1ccncc1. The van der Waals surface area contributed by atoms with E-state index >= 15 is 0 Å². The van der Waals surface area contributed by atoms with Gasteiger partial charge in [-0.2, -0.15) is 5.26 Å². The van der Waals surface area contributed by atoms with Crippen LogP contribution >= 0.6 is 0 Å². The zero-order valence-corrected chi connectivity index (χ0v) is 15.7. The minimum absolute atomic E-state index is 0.197. The number of rotatable bonds is 5. The van der Waals surface area contributed by atoms with Gasteiger partial charge in [0.1, 0.15) is 0 Å². The van der Waals surface area contributed by atoms with Crippen molar-refractivity contribution in [2.75, 3.05) is 10.6 Å². The van der Waals surface area contributed by atoms with Crippen molar-refractivity contribution in [1.82, 2.24) is 10.3 Å². The molecule has 144 valence electrons. The lowest BCUT2D eigenvalue weighted by Gasteiger charge is -2.15. The van der Waals surface area contributed by atoms with Crippen molar-refractivity contribution in [3.8, 4) is 6.07 Å². The molecule has 29 heavy (non-hydrogen) atoms. The maximum Gasteiger partial charge on any atom is 0.319 e. The molecule has 0 radical (unpaired) electrons. The topological polar surface area (TPSA) is 107 Å². The van der Waals surface area contributed by atoms with E-state index < -0.39 is 0 Å². The summed E-state index contributed by atoms with van der Waals surface area (Å²) >= 11 is 0. The van der Waals surface area contributed by atoms with Crippen molar-refractivity contribution < 1.29 is 9.59 Å². The highest BCUT2D eigenvalue weighted by Gasteiger charge is 2.11. The third-order valence-electron chi connectivity index (χ3n) is 4.19. The third kappa shape index (κ3) is 5.40. The average molecular weight is 385 g/mol. The molecule has 7 nitrogen and oxygen atoms in total. The van der Waals surface area contributed by atoms with E-state index in [0.717, 1.165) is 5.56 Å². The van der Waals surface area contributed by atoms with Crippen molar-refractivity contribution in [3.63, 3.8) is 0 Å². The Kier molecular flexibility index (Phi) is 6.18. The highest BCUT2D eigenvalue weighted by molar-refractivity contribution is 6.05. The van der Waals surface area contributed by atoms with Gasteiger partial charge in [-0.15, -0.1) is 0 Å². The summed E-state index contributed by atoms with van der Waals surface area (Å²) in [5.74, 6) is -0.339. The third-order valence-corrected chi connectivity index (χ3v) is 4.19. The standard InChI is InChI=1S/C22H19N5O2/c1-15(17-8-10-24-11-9-17)25-22(29)27-20-7-3-5-18(13-20)21(28)26-19-6-2-4-16(12-19)14-23/h2-13,15H,1H3,(H,26,28)(H2,25,27,29). The molecule has 0 aliphatic carbocycles. The number of anilines is 2. The Bertz CT molecular complexity index is 1060. The predicted molar refractivity (Wildman–Crippen MR) is 110 cm³/mol. The summed E-state index contributed by atoms with van der Waals surface area (Å²) in [5.41, 5.74) is 2.78. The van der Waals surface area contributed by atoms with E-state index in [0.29, 0.717) is 22.5 Å². The predicted octanol–water partition coefficient (Wildman–Crippen LogP) is 4.09. The van der Waals surface area contributed by atoms with Gasteiger partial charge in [0.25, 0.3) is 5.91 Å². The number of nitrogens with zero attached hydrogens (tertiary/aromatic N) is 2. The number of nitriles is 1. The van der Waals surface area contributed by atoms with Crippen molar-refractivity contribution in [2.24, 2.45) is 0 Å². The van der Waals surface area contributed by atoms with Crippen LogP contribution in [0.15, 0.2) is 73.1 Å². The van der Waals surface area contributed by atoms with Crippen LogP contribution in [-0.4, -0.2) is 16.9 Å². The Morgan fingerprint density at radius 1 is 0.966 bits per heavy atom. The molecule has 0 aliphatic rings. The van der Waals surface area contributed by atoms with Crippen LogP contribution < -0.4 is 16.0 Å². The molecule has 3 aromatic rings. The molecule has 3 amide bonds. The number of amides is 3. The number of hydrogen-bond acceptors (Lipinski definition) is 4. The van der Waals surface area contributed by atoms with Gasteiger partial charge in [0.15, 0.2) is 0 Å². The molecule has 0 fully saturated rings. The number of nitrogens with one attached hydrogen (secondary N) is 3. The maximum absolute atomic E-state index is 12.5. The van der Waals surface area contributed by atoms with Crippen LogP contribution in [0.2, 0.25) is 0 Å². The molecule has 0 spiro atoms. The lowest BCUT2D eigenvalue weighted by atomic mass is 10.1. The number of urea groups is 1. The van der Waals surface area contributed by atoms with Gasteiger partial charge in [0.05, 0.1) is 17.7 Å². The molecule has 3 N–H and O–H groups in total. The van der Waals surface area contributed by atoms with Crippen LogP contribution in [0.25, 0.3) is 0 Å². The Morgan fingerprint density at radius 2 is 1.66 bits per heavy atom. The first-order valence-corrected chi connectivity index (χ1v) is 8.94. The Labute approximate surface area is 168 Å². The number of hydrogen-bond donors (Lipinski definition) is 3. The molecule has 7 heteroatoms. The second kappa shape index (κ2) is 9.15. The molecule has 0 saturated heterocycles. The largest absolute Gasteiger partial charge is 0.331 e. The van der Waals surface area contributed by atoms with Gasteiger partial charge in [0, 0.05) is 29.3 Å². The summed E-state index contributed by atoms with van der Waals surface area (Å²) < 4.78 is 0. The van der Waals surface area contributed by atoms with Gasteiger partial charge in [-0.25, -0.2) is 4.79 Å². The van der Waals surface area contributed by atoms with Gasteiger partial charge in [-0.3, -0.25) is 9.78 Å². The molecule has 1 unspecified atom stereocenters. The monoisotopic (exact) mass is 385 g/mol. The number of benzene rings is 2. The molecule has 0 bridgehead atoms. The van der Waals surface area contributed by atoms with Gasteiger partial charge in [-0.1, -0.05) is 12.1 Å². The van der Waals surface area contributed by atoms with Crippen molar-refractivity contribution >= 4 is 23.3 Å². The molecular weight excluding hydrogens is 366 g/mol. The molecule has 2 aromatic carbocycles. The summed E-state index contributed by atoms with van der Waals surface area (Å²) in [6.45, 7) is 1.87. The van der Waals surface area contributed by atoms with Crippen LogP contribution in [0.1, 0.15) is 34.5 Å². The fourth-order valence-corrected chi connectivity index (χ4v) is 2.71. The molecule has 1 atom stereocenters. The normalized spacial score (nSPS) is 11.0. The molecule has 1 heterocycles. The highest BCUT2D eigenvalue weighted by atomic mass is 16.2. The lowest BCUT2D eigenvalue weighted by molar-refractivity contribution is 0.102. The van der Waals surface area contributed by atoms with Crippen LogP contribution in [0.4, 0.5) is 16.2 Å². The summed E-state index contributed by atoms with van der Waals surface area (Å²) in [4.78, 5) is 28.7. The second-order valence-electron chi connectivity index (χ2n) is 6.33. The number of carbonyl (C=O) groups excluding carboxylic acids is 2. The summed E-state index contributed by atoms with van der Waals surface area (Å²) in [6, 6.07) is 18.4. The number of pyridine rings is 1. The zero-order chi connectivity index (χ0) is 20.6. The second-order valence-corrected chi connectivity index (χ2v) is 6.33. The van der Waals surface area contributed by atoms with E-state index in [2.05, 4.69) is 20.9 Å². The average Bonchev–Trinajstić information content (AvgIpc) is 2.74. The molecule has 1 aromatic heterocycles. The first-order valence-electron chi connectivity index (χ1n) is 8.94. The van der Waals surface area contributed by atoms with E-state index in [4.69, 9.17) is 5.26 Å². The van der Waals surface area contributed by atoms with Crippen LogP contribution in [-0.2, 0) is 0 Å². The van der Waals surface area contributed by atoms with E-state index in [1.165, 1.54) is 0 Å². The lowest BCUT2D eigenvalue weighted by Crippen LogP contribution is -2.31. The zero-order valence-electron chi connectivity index (χ0n) is 15.7. The minimum atomic E-state index is -0.381. The number of carbonyl (C=O) groups is 2. The van der Waals surface area contributed by atoms with Crippen LogP contribution in [0, 0.1) is 11.3 Å². The Hall–Kier alpha value is -4.18. The fraction of sp³-hybridized carbons (Fsp3) is 0.0909. The van der Waals surface area contributed by atoms with Gasteiger partial charge < -0.3 is 16.0 Å². The Balaban J connectivity index is 1.63. The summed E-state index contributed by atoms with van der Waals surface area (Å²) in [7, 11) is 0. The van der Waals surface area contributed by atoms with Crippen LogP contribution in [0.5, 0.6) is 0 Å². The summed E-state index contributed by atoms with van der Waals surface area (Å²) in [5, 5.41) is 17.3.